The van der Waals surface area contributed by atoms with Crippen LogP contribution in [0.15, 0.2) is 54.7 Å². The highest BCUT2D eigenvalue weighted by Gasteiger charge is 2.45. The maximum atomic E-state index is 13.6. The molecule has 5 rings (SSSR count). The molecule has 36 heavy (non-hydrogen) atoms. The highest BCUT2D eigenvalue weighted by atomic mass is 19.1. The molecule has 0 unspecified atom stereocenters. The Morgan fingerprint density at radius 2 is 1.94 bits per heavy atom. The van der Waals surface area contributed by atoms with Crippen molar-refractivity contribution in [3.63, 3.8) is 0 Å². The number of rotatable bonds is 7. The highest BCUT2D eigenvalue weighted by molar-refractivity contribution is 5.96. The van der Waals surface area contributed by atoms with Crippen LogP contribution in [0.5, 0.6) is 5.75 Å². The van der Waals surface area contributed by atoms with Gasteiger partial charge in [-0.15, -0.1) is 0 Å². The van der Waals surface area contributed by atoms with Gasteiger partial charge in [0, 0.05) is 29.1 Å². The first-order valence-electron chi connectivity index (χ1n) is 11.5. The normalized spacial score (nSPS) is 18.4. The van der Waals surface area contributed by atoms with E-state index in [2.05, 4.69) is 15.0 Å². The van der Waals surface area contributed by atoms with Crippen molar-refractivity contribution in [2.24, 2.45) is 5.73 Å². The number of halogens is 1. The van der Waals surface area contributed by atoms with Crippen LogP contribution in [0, 0.1) is 5.82 Å². The molecule has 0 radical (unpaired) electrons. The van der Waals surface area contributed by atoms with Gasteiger partial charge >= 0.3 is 0 Å². The van der Waals surface area contributed by atoms with Crippen LogP contribution in [0.3, 0.4) is 0 Å². The number of fused-ring (bicyclic) bond motifs is 2. The number of nitrogens with one attached hydrogen (secondary N) is 1. The summed E-state index contributed by atoms with van der Waals surface area (Å²) in [7, 11) is 0. The van der Waals surface area contributed by atoms with E-state index in [1.54, 1.807) is 44.3 Å². The number of ether oxygens (including phenoxy) is 1. The number of Topliss-reactive ketones (excluding diaryl/α,β-unsaturated/α-hetero) is 1. The minimum atomic E-state index is -1.53. The SMILES string of the molecule is C[C@](O)(CCC(=O)c1ccc2cc[nH]c2n1)c1cc2c(c(-c3ccc(F)cc3)n1)OC[C@]2(C)C(N)=O. The number of carbonyl (C=O) groups excluding carboxylic acids is 2. The second kappa shape index (κ2) is 8.53. The lowest BCUT2D eigenvalue weighted by molar-refractivity contribution is -0.123. The van der Waals surface area contributed by atoms with Gasteiger partial charge in [0.25, 0.3) is 0 Å². The zero-order valence-electron chi connectivity index (χ0n) is 19.8. The molecule has 1 amide bonds. The largest absolute Gasteiger partial charge is 0.489 e. The number of aromatic nitrogens is 3. The molecular weight excluding hydrogens is 463 g/mol. The lowest BCUT2D eigenvalue weighted by Gasteiger charge is -2.26. The fourth-order valence-electron chi connectivity index (χ4n) is 4.37. The van der Waals surface area contributed by atoms with Crippen LogP contribution in [-0.4, -0.2) is 38.4 Å². The van der Waals surface area contributed by atoms with E-state index in [0.29, 0.717) is 33.9 Å². The molecule has 0 saturated heterocycles. The molecule has 9 heteroatoms. The number of hydrogen-bond acceptors (Lipinski definition) is 6. The summed E-state index contributed by atoms with van der Waals surface area (Å²) < 4.78 is 19.4. The third kappa shape index (κ3) is 4.01. The summed E-state index contributed by atoms with van der Waals surface area (Å²) in [6.07, 6.45) is 1.82. The van der Waals surface area contributed by atoms with Crippen molar-refractivity contribution in [2.45, 2.75) is 37.7 Å². The second-order valence-electron chi connectivity index (χ2n) is 9.53. The minimum absolute atomic E-state index is 0.0143. The number of primary amides is 1. The van der Waals surface area contributed by atoms with Gasteiger partial charge in [0.05, 0.1) is 5.69 Å². The molecule has 0 saturated carbocycles. The smallest absolute Gasteiger partial charge is 0.231 e. The summed E-state index contributed by atoms with van der Waals surface area (Å²) in [5, 5.41) is 12.3. The standard InChI is InChI=1S/C27H25FN4O4/c1-26(25(29)34)14-36-23-18(26)13-21(32-22(23)15-3-6-17(28)7-4-15)27(2,35)11-9-20(33)19-8-5-16-10-12-30-24(16)31-19/h3-8,10,12-13,35H,9,11,14H2,1-2H3,(H2,29,34)(H,30,31)/t26-,27-/m0/s1. The van der Waals surface area contributed by atoms with Crippen molar-refractivity contribution in [2.75, 3.05) is 6.61 Å². The van der Waals surface area contributed by atoms with Gasteiger partial charge < -0.3 is 20.6 Å². The van der Waals surface area contributed by atoms with Crippen LogP contribution < -0.4 is 10.5 Å². The molecular formula is C27H25FN4O4. The quantitative estimate of drug-likeness (QED) is 0.340. The first-order chi connectivity index (χ1) is 17.1. The van der Waals surface area contributed by atoms with Crippen LogP contribution in [0.1, 0.15) is 48.4 Å². The van der Waals surface area contributed by atoms with Crippen LogP contribution >= 0.6 is 0 Å². The molecule has 1 aliphatic heterocycles. The summed E-state index contributed by atoms with van der Waals surface area (Å²) in [6.45, 7) is 3.24. The molecule has 4 N–H and O–H groups in total. The van der Waals surface area contributed by atoms with Gasteiger partial charge in [-0.05, 0) is 68.8 Å². The van der Waals surface area contributed by atoms with E-state index < -0.39 is 22.7 Å². The number of pyridine rings is 2. The van der Waals surface area contributed by atoms with Crippen LogP contribution in [-0.2, 0) is 15.8 Å². The Hall–Kier alpha value is -4.11. The predicted octanol–water partition coefficient (Wildman–Crippen LogP) is 3.77. The van der Waals surface area contributed by atoms with Gasteiger partial charge in [-0.2, -0.15) is 0 Å². The van der Waals surface area contributed by atoms with Crippen LogP contribution in [0.25, 0.3) is 22.3 Å². The number of H-pyrrole nitrogens is 1. The third-order valence-corrected chi connectivity index (χ3v) is 6.82. The maximum Gasteiger partial charge on any atom is 0.231 e. The molecule has 0 fully saturated rings. The van der Waals surface area contributed by atoms with E-state index in [1.165, 1.54) is 12.1 Å². The fourth-order valence-corrected chi connectivity index (χ4v) is 4.37. The summed E-state index contributed by atoms with van der Waals surface area (Å²) in [4.78, 5) is 37.2. The van der Waals surface area contributed by atoms with Gasteiger partial charge in [0.1, 0.15) is 46.2 Å². The maximum absolute atomic E-state index is 13.6. The summed E-state index contributed by atoms with van der Waals surface area (Å²) in [6, 6.07) is 12.6. The van der Waals surface area contributed by atoms with Crippen molar-refractivity contribution >= 4 is 22.7 Å². The fraction of sp³-hybridized carbons (Fsp3) is 0.259. The summed E-state index contributed by atoms with van der Waals surface area (Å²) in [5.41, 5.74) is 5.60. The summed E-state index contributed by atoms with van der Waals surface area (Å²) in [5.74, 6) is -0.853. The third-order valence-electron chi connectivity index (χ3n) is 6.82. The molecule has 1 aromatic carbocycles. The highest BCUT2D eigenvalue weighted by Crippen LogP contribution is 2.45. The van der Waals surface area contributed by atoms with E-state index in [-0.39, 0.29) is 30.9 Å². The Morgan fingerprint density at radius 1 is 1.19 bits per heavy atom. The second-order valence-corrected chi connectivity index (χ2v) is 9.53. The van der Waals surface area contributed by atoms with Crippen molar-refractivity contribution < 1.29 is 23.8 Å². The van der Waals surface area contributed by atoms with E-state index in [9.17, 15) is 19.1 Å². The molecule has 2 atom stereocenters. The number of benzene rings is 1. The number of aromatic amines is 1. The lowest BCUT2D eigenvalue weighted by atomic mass is 9.81. The Kier molecular flexibility index (Phi) is 5.60. The number of ketones is 1. The van der Waals surface area contributed by atoms with Crippen LogP contribution in [0.2, 0.25) is 0 Å². The van der Waals surface area contributed by atoms with Gasteiger partial charge in [-0.3, -0.25) is 9.59 Å². The average molecular weight is 489 g/mol. The Morgan fingerprint density at radius 3 is 2.67 bits per heavy atom. The number of carbonyl (C=O) groups is 2. The first-order valence-corrected chi connectivity index (χ1v) is 11.5. The molecule has 3 aromatic heterocycles. The Bertz CT molecular complexity index is 1500. The van der Waals surface area contributed by atoms with Crippen molar-refractivity contribution in [3.8, 4) is 17.0 Å². The van der Waals surface area contributed by atoms with Gasteiger partial charge in [0.2, 0.25) is 5.91 Å². The molecule has 1 aliphatic rings. The monoisotopic (exact) mass is 488 g/mol. The number of nitrogens with zero attached hydrogens (tertiary/aromatic N) is 2. The Labute approximate surface area is 206 Å². The molecule has 0 aliphatic carbocycles. The molecule has 184 valence electrons. The molecule has 8 nitrogen and oxygen atoms in total. The summed E-state index contributed by atoms with van der Waals surface area (Å²) >= 11 is 0. The molecule has 0 spiro atoms. The van der Waals surface area contributed by atoms with Gasteiger partial charge in [-0.25, -0.2) is 14.4 Å². The van der Waals surface area contributed by atoms with Crippen molar-refractivity contribution in [1.29, 1.82) is 0 Å². The average Bonchev–Trinajstić information content (AvgIpc) is 3.47. The number of aliphatic hydroxyl groups is 1. The zero-order chi connectivity index (χ0) is 25.7. The zero-order valence-corrected chi connectivity index (χ0v) is 19.8. The number of nitrogens with two attached hydrogens (primary N) is 1. The van der Waals surface area contributed by atoms with E-state index >= 15 is 0 Å². The van der Waals surface area contributed by atoms with Gasteiger partial charge in [-0.1, -0.05) is 0 Å². The van der Waals surface area contributed by atoms with Crippen molar-refractivity contribution in [1.82, 2.24) is 15.0 Å². The minimum Gasteiger partial charge on any atom is -0.489 e. The predicted molar refractivity (Wildman–Crippen MR) is 131 cm³/mol. The number of amides is 1. The molecule has 0 bridgehead atoms. The first kappa shape index (κ1) is 23.6. The Balaban J connectivity index is 1.50. The number of hydrogen-bond donors (Lipinski definition) is 3. The topological polar surface area (TPSA) is 131 Å². The van der Waals surface area contributed by atoms with E-state index in [1.807, 2.05) is 12.1 Å². The molecule has 4 aromatic rings. The molecule has 4 heterocycles. The van der Waals surface area contributed by atoms with E-state index in [0.717, 1.165) is 5.39 Å². The van der Waals surface area contributed by atoms with Gasteiger partial charge in [0.15, 0.2) is 5.78 Å². The van der Waals surface area contributed by atoms with Crippen molar-refractivity contribution in [3.05, 3.63) is 77.5 Å². The lowest BCUT2D eigenvalue weighted by Crippen LogP contribution is -2.40. The van der Waals surface area contributed by atoms with Crippen LogP contribution in [0.4, 0.5) is 4.39 Å². The van der Waals surface area contributed by atoms with E-state index in [4.69, 9.17) is 10.5 Å².